The Hall–Kier alpha value is -0.990. The van der Waals surface area contributed by atoms with Crippen molar-refractivity contribution in [3.05, 3.63) is 63.1 Å². The molecule has 3 rings (SSSR count). The van der Waals surface area contributed by atoms with E-state index in [9.17, 15) is 0 Å². The molecule has 0 saturated heterocycles. The highest BCUT2D eigenvalue weighted by atomic mass is 79.9. The summed E-state index contributed by atoms with van der Waals surface area (Å²) in [5, 5.41) is 4.45. The second-order valence-electron chi connectivity index (χ2n) is 5.52. The van der Waals surface area contributed by atoms with Crippen LogP contribution in [0.15, 0.2) is 46.9 Å². The molecular formula is C17H17BrClN. The molecule has 0 unspecified atom stereocenters. The lowest BCUT2D eigenvalue weighted by atomic mass is 9.76. The first-order valence-electron chi connectivity index (χ1n) is 6.90. The van der Waals surface area contributed by atoms with Crippen molar-refractivity contribution >= 4 is 33.2 Å². The number of halogens is 2. The van der Waals surface area contributed by atoms with Gasteiger partial charge in [0.1, 0.15) is 0 Å². The van der Waals surface area contributed by atoms with Crippen molar-refractivity contribution in [1.82, 2.24) is 0 Å². The van der Waals surface area contributed by atoms with E-state index in [2.05, 4.69) is 58.5 Å². The molecule has 1 fully saturated rings. The maximum Gasteiger partial charge on any atom is 0.0406 e. The fourth-order valence-corrected chi connectivity index (χ4v) is 3.35. The molecule has 1 saturated carbocycles. The molecule has 20 heavy (non-hydrogen) atoms. The number of aryl methyl sites for hydroxylation is 1. The summed E-state index contributed by atoms with van der Waals surface area (Å²) < 4.78 is 1.13. The largest absolute Gasteiger partial charge is 0.382 e. The molecular weight excluding hydrogens is 334 g/mol. The highest BCUT2D eigenvalue weighted by Crippen LogP contribution is 2.39. The van der Waals surface area contributed by atoms with Crippen molar-refractivity contribution in [2.45, 2.75) is 31.7 Å². The summed E-state index contributed by atoms with van der Waals surface area (Å²) >= 11 is 9.43. The summed E-state index contributed by atoms with van der Waals surface area (Å²) in [6.45, 7) is 2.14. The van der Waals surface area contributed by atoms with E-state index in [1.54, 1.807) is 0 Å². The molecule has 0 heterocycles. The van der Waals surface area contributed by atoms with Crippen molar-refractivity contribution in [3.63, 3.8) is 0 Å². The summed E-state index contributed by atoms with van der Waals surface area (Å²) in [7, 11) is 0. The minimum atomic E-state index is 0.579. The van der Waals surface area contributed by atoms with Gasteiger partial charge in [-0.15, -0.1) is 0 Å². The van der Waals surface area contributed by atoms with Gasteiger partial charge in [0.15, 0.2) is 0 Å². The Morgan fingerprint density at radius 1 is 1.10 bits per heavy atom. The Morgan fingerprint density at radius 3 is 2.45 bits per heavy atom. The summed E-state index contributed by atoms with van der Waals surface area (Å²) in [5.74, 6) is 0.667. The second-order valence-corrected chi connectivity index (χ2v) is 6.87. The van der Waals surface area contributed by atoms with Gasteiger partial charge in [-0.3, -0.25) is 0 Å². The highest BCUT2D eigenvalue weighted by molar-refractivity contribution is 9.10. The third kappa shape index (κ3) is 3.02. The smallest absolute Gasteiger partial charge is 0.0406 e. The Labute approximate surface area is 133 Å². The van der Waals surface area contributed by atoms with Crippen LogP contribution in [0.25, 0.3) is 0 Å². The molecule has 0 bridgehead atoms. The Kier molecular flexibility index (Phi) is 4.04. The average Bonchev–Trinajstić information content (AvgIpc) is 2.37. The number of anilines is 1. The molecule has 2 aromatic rings. The molecule has 1 aliphatic carbocycles. The Balaban J connectivity index is 1.59. The van der Waals surface area contributed by atoms with E-state index < -0.39 is 0 Å². The number of nitrogens with one attached hydrogen (secondary N) is 1. The predicted octanol–water partition coefficient (Wildman–Crippen LogP) is 5.77. The molecule has 0 spiro atoms. The van der Waals surface area contributed by atoms with Crippen LogP contribution < -0.4 is 5.32 Å². The molecule has 0 radical (unpaired) electrons. The highest BCUT2D eigenvalue weighted by Gasteiger charge is 2.30. The monoisotopic (exact) mass is 349 g/mol. The van der Waals surface area contributed by atoms with Crippen LogP contribution in [0, 0.1) is 6.92 Å². The van der Waals surface area contributed by atoms with Gasteiger partial charge in [0, 0.05) is 21.2 Å². The SMILES string of the molecule is Cc1cc(Br)ccc1NC1CC(c2ccc(Cl)cc2)C1. The van der Waals surface area contributed by atoms with Crippen LogP contribution in [0.4, 0.5) is 5.69 Å². The van der Waals surface area contributed by atoms with Gasteiger partial charge in [0.25, 0.3) is 0 Å². The van der Waals surface area contributed by atoms with Crippen LogP contribution in [-0.4, -0.2) is 6.04 Å². The third-order valence-corrected chi connectivity index (χ3v) is 4.77. The van der Waals surface area contributed by atoms with Gasteiger partial charge in [-0.25, -0.2) is 0 Å². The Morgan fingerprint density at radius 2 is 1.80 bits per heavy atom. The quantitative estimate of drug-likeness (QED) is 0.741. The van der Waals surface area contributed by atoms with Crippen LogP contribution in [0.3, 0.4) is 0 Å². The summed E-state index contributed by atoms with van der Waals surface area (Å²) in [6.07, 6.45) is 2.38. The van der Waals surface area contributed by atoms with Crippen LogP contribution in [0.2, 0.25) is 5.02 Å². The standard InChI is InChI=1S/C17H17BrClN/c1-11-8-14(18)4-7-17(11)20-16-9-13(10-16)12-2-5-15(19)6-3-12/h2-8,13,16,20H,9-10H2,1H3. The Bertz CT molecular complexity index is 603. The molecule has 0 aliphatic heterocycles. The van der Waals surface area contributed by atoms with Crippen molar-refractivity contribution in [2.24, 2.45) is 0 Å². The van der Waals surface area contributed by atoms with E-state index >= 15 is 0 Å². The van der Waals surface area contributed by atoms with Gasteiger partial charge in [-0.1, -0.05) is 39.7 Å². The first kappa shape index (κ1) is 14.0. The zero-order valence-electron chi connectivity index (χ0n) is 11.4. The van der Waals surface area contributed by atoms with Crippen LogP contribution in [0.5, 0.6) is 0 Å². The molecule has 1 N–H and O–H groups in total. The third-order valence-electron chi connectivity index (χ3n) is 4.03. The molecule has 1 nitrogen and oxygen atoms in total. The lowest BCUT2D eigenvalue weighted by Gasteiger charge is -2.37. The summed E-state index contributed by atoms with van der Waals surface area (Å²) in [6, 6.07) is 15.2. The summed E-state index contributed by atoms with van der Waals surface area (Å²) in [5.41, 5.74) is 3.93. The van der Waals surface area contributed by atoms with E-state index in [-0.39, 0.29) is 0 Å². The van der Waals surface area contributed by atoms with Gasteiger partial charge in [0.2, 0.25) is 0 Å². The molecule has 1 aliphatic rings. The fraction of sp³-hybridized carbons (Fsp3) is 0.294. The van der Waals surface area contributed by atoms with Gasteiger partial charge >= 0.3 is 0 Å². The molecule has 104 valence electrons. The zero-order valence-corrected chi connectivity index (χ0v) is 13.7. The maximum absolute atomic E-state index is 5.93. The number of hydrogen-bond donors (Lipinski definition) is 1. The number of rotatable bonds is 3. The van der Waals surface area contributed by atoms with Crippen molar-refractivity contribution in [3.8, 4) is 0 Å². The first-order valence-corrected chi connectivity index (χ1v) is 8.07. The van der Waals surface area contributed by atoms with Crippen LogP contribution >= 0.6 is 27.5 Å². The van der Waals surface area contributed by atoms with E-state index in [0.29, 0.717) is 12.0 Å². The van der Waals surface area contributed by atoms with Crippen molar-refractivity contribution in [2.75, 3.05) is 5.32 Å². The molecule has 0 atom stereocenters. The molecule has 3 heteroatoms. The second kappa shape index (κ2) is 5.79. The van der Waals surface area contributed by atoms with Gasteiger partial charge < -0.3 is 5.32 Å². The van der Waals surface area contributed by atoms with Gasteiger partial charge in [-0.2, -0.15) is 0 Å². The zero-order chi connectivity index (χ0) is 14.1. The van der Waals surface area contributed by atoms with E-state index in [1.807, 2.05) is 12.1 Å². The van der Waals surface area contributed by atoms with Gasteiger partial charge in [0.05, 0.1) is 0 Å². The minimum Gasteiger partial charge on any atom is -0.382 e. The van der Waals surface area contributed by atoms with E-state index in [0.717, 1.165) is 9.50 Å². The number of benzene rings is 2. The number of hydrogen-bond acceptors (Lipinski definition) is 1. The van der Waals surface area contributed by atoms with E-state index in [4.69, 9.17) is 11.6 Å². The molecule has 0 amide bonds. The average molecular weight is 351 g/mol. The minimum absolute atomic E-state index is 0.579. The lowest BCUT2D eigenvalue weighted by Crippen LogP contribution is -2.34. The molecule has 0 aromatic heterocycles. The first-order chi connectivity index (χ1) is 9.61. The van der Waals surface area contributed by atoms with Crippen molar-refractivity contribution in [1.29, 1.82) is 0 Å². The van der Waals surface area contributed by atoms with E-state index in [1.165, 1.54) is 29.7 Å². The van der Waals surface area contributed by atoms with Crippen LogP contribution in [0.1, 0.15) is 29.9 Å². The lowest BCUT2D eigenvalue weighted by molar-refractivity contribution is 0.374. The van der Waals surface area contributed by atoms with Gasteiger partial charge in [-0.05, 0) is 67.1 Å². The summed E-state index contributed by atoms with van der Waals surface area (Å²) in [4.78, 5) is 0. The predicted molar refractivity (Wildman–Crippen MR) is 89.7 cm³/mol. The topological polar surface area (TPSA) is 12.0 Å². The van der Waals surface area contributed by atoms with Crippen LogP contribution in [-0.2, 0) is 0 Å². The normalized spacial score (nSPS) is 21.4. The maximum atomic E-state index is 5.93. The fourth-order valence-electron chi connectivity index (χ4n) is 2.75. The van der Waals surface area contributed by atoms with Crippen molar-refractivity contribution < 1.29 is 0 Å². The molecule has 2 aromatic carbocycles.